The first kappa shape index (κ1) is 19.7. The fourth-order valence-corrected chi connectivity index (χ4v) is 2.87. The highest BCUT2D eigenvalue weighted by molar-refractivity contribution is 5.79. The fraction of sp³-hybridized carbons (Fsp3) is 0.333. The first-order chi connectivity index (χ1) is 13.6. The monoisotopic (exact) mass is 381 g/mol. The number of aromatic nitrogens is 2. The van der Waals surface area contributed by atoms with Crippen molar-refractivity contribution in [1.29, 1.82) is 0 Å². The van der Waals surface area contributed by atoms with Crippen LogP contribution in [-0.2, 0) is 18.7 Å². The zero-order chi connectivity index (χ0) is 19.8. The van der Waals surface area contributed by atoms with E-state index in [4.69, 9.17) is 4.42 Å². The van der Waals surface area contributed by atoms with Gasteiger partial charge in [-0.2, -0.15) is 5.10 Å². The molecule has 0 saturated carbocycles. The molecule has 2 heterocycles. The normalized spacial score (nSPS) is 13.9. The Morgan fingerprint density at radius 1 is 1.18 bits per heavy atom. The van der Waals surface area contributed by atoms with Crippen LogP contribution in [0.1, 0.15) is 30.7 Å². The number of guanidine groups is 1. The molecule has 0 saturated heterocycles. The van der Waals surface area contributed by atoms with Gasteiger partial charge in [0.1, 0.15) is 11.4 Å². The van der Waals surface area contributed by atoms with E-state index in [0.717, 1.165) is 12.1 Å². The summed E-state index contributed by atoms with van der Waals surface area (Å²) in [6.07, 6.45) is 5.28. The molecular weight excluding hydrogens is 354 g/mol. The Bertz CT molecular complexity index is 870. The third-order valence-electron chi connectivity index (χ3n) is 4.41. The molecule has 0 aliphatic heterocycles. The number of furan rings is 1. The molecule has 1 atom stereocenters. The van der Waals surface area contributed by atoms with Crippen molar-refractivity contribution in [3.8, 4) is 0 Å². The predicted molar refractivity (Wildman–Crippen MR) is 109 cm³/mol. The highest BCUT2D eigenvalue weighted by Gasteiger charge is 2.26. The minimum Gasteiger partial charge on any atom is -0.466 e. The van der Waals surface area contributed by atoms with Gasteiger partial charge in [0.2, 0.25) is 0 Å². The van der Waals surface area contributed by atoms with E-state index in [-0.39, 0.29) is 6.54 Å². The molecule has 0 aliphatic carbocycles. The predicted octanol–water partition coefficient (Wildman–Crippen LogP) is 2.49. The molecule has 1 aromatic carbocycles. The molecule has 0 radical (unpaired) electrons. The van der Waals surface area contributed by atoms with Crippen LogP contribution in [0.15, 0.2) is 70.5 Å². The quantitative estimate of drug-likeness (QED) is 0.412. The van der Waals surface area contributed by atoms with Gasteiger partial charge in [-0.1, -0.05) is 24.3 Å². The number of benzene rings is 1. The summed E-state index contributed by atoms with van der Waals surface area (Å²) in [5, 5.41) is 21.3. The van der Waals surface area contributed by atoms with Crippen LogP contribution in [-0.4, -0.2) is 33.9 Å². The van der Waals surface area contributed by atoms with Gasteiger partial charge >= 0.3 is 0 Å². The Labute approximate surface area is 165 Å². The summed E-state index contributed by atoms with van der Waals surface area (Å²) in [6, 6.07) is 13.6. The second kappa shape index (κ2) is 9.23. The molecule has 0 amide bonds. The summed E-state index contributed by atoms with van der Waals surface area (Å²) in [7, 11) is 0. The second-order valence-electron chi connectivity index (χ2n) is 6.77. The zero-order valence-corrected chi connectivity index (χ0v) is 16.3. The van der Waals surface area contributed by atoms with Crippen LogP contribution in [0.5, 0.6) is 0 Å². The summed E-state index contributed by atoms with van der Waals surface area (Å²) < 4.78 is 7.22. The van der Waals surface area contributed by atoms with E-state index in [2.05, 4.69) is 32.9 Å². The lowest BCUT2D eigenvalue weighted by molar-refractivity contribution is 0.0386. The van der Waals surface area contributed by atoms with E-state index in [1.807, 2.05) is 36.0 Å². The van der Waals surface area contributed by atoms with Crippen molar-refractivity contribution >= 4 is 5.96 Å². The van der Waals surface area contributed by atoms with E-state index < -0.39 is 5.60 Å². The van der Waals surface area contributed by atoms with E-state index in [1.54, 1.807) is 31.5 Å². The van der Waals surface area contributed by atoms with Crippen molar-refractivity contribution in [2.45, 2.75) is 32.5 Å². The lowest BCUT2D eigenvalue weighted by atomic mass is 10.0. The highest BCUT2D eigenvalue weighted by Crippen LogP contribution is 2.19. The van der Waals surface area contributed by atoms with Crippen molar-refractivity contribution in [1.82, 2.24) is 20.4 Å². The van der Waals surface area contributed by atoms with Crippen LogP contribution < -0.4 is 10.6 Å². The van der Waals surface area contributed by atoms with Crippen LogP contribution in [0, 0.1) is 0 Å². The topological polar surface area (TPSA) is 87.6 Å². The summed E-state index contributed by atoms with van der Waals surface area (Å²) in [4.78, 5) is 4.68. The second-order valence-corrected chi connectivity index (χ2v) is 6.77. The summed E-state index contributed by atoms with van der Waals surface area (Å²) in [6.45, 7) is 5.95. The molecule has 7 heteroatoms. The van der Waals surface area contributed by atoms with Crippen LogP contribution in [0.4, 0.5) is 0 Å². The van der Waals surface area contributed by atoms with Crippen molar-refractivity contribution in [3.05, 3.63) is 78.0 Å². The van der Waals surface area contributed by atoms with E-state index in [9.17, 15) is 5.11 Å². The average molecular weight is 381 g/mol. The van der Waals surface area contributed by atoms with Crippen molar-refractivity contribution in [2.24, 2.45) is 4.99 Å². The molecule has 1 unspecified atom stereocenters. The Kier molecular flexibility index (Phi) is 6.49. The lowest BCUT2D eigenvalue weighted by Gasteiger charge is -2.22. The van der Waals surface area contributed by atoms with Gasteiger partial charge in [0, 0.05) is 18.9 Å². The summed E-state index contributed by atoms with van der Waals surface area (Å²) in [5.41, 5.74) is 1.18. The lowest BCUT2D eigenvalue weighted by Crippen LogP contribution is -2.44. The molecule has 2 aromatic heterocycles. The van der Waals surface area contributed by atoms with Gasteiger partial charge in [0.05, 0.1) is 25.9 Å². The number of nitrogens with zero attached hydrogens (tertiary/aromatic N) is 3. The van der Waals surface area contributed by atoms with Gasteiger partial charge in [-0.05, 0) is 43.2 Å². The maximum Gasteiger partial charge on any atom is 0.191 e. The van der Waals surface area contributed by atoms with E-state index in [0.29, 0.717) is 24.8 Å². The molecule has 0 spiro atoms. The van der Waals surface area contributed by atoms with Gasteiger partial charge in [0.15, 0.2) is 5.96 Å². The van der Waals surface area contributed by atoms with Crippen molar-refractivity contribution in [3.63, 3.8) is 0 Å². The van der Waals surface area contributed by atoms with Gasteiger partial charge < -0.3 is 20.2 Å². The molecule has 148 valence electrons. The Morgan fingerprint density at radius 3 is 2.68 bits per heavy atom. The number of hydrogen-bond acceptors (Lipinski definition) is 4. The molecular formula is C21H27N5O2. The molecule has 0 bridgehead atoms. The number of aliphatic imine (C=N–C) groups is 1. The minimum atomic E-state index is -1.13. The highest BCUT2D eigenvalue weighted by atomic mass is 16.4. The van der Waals surface area contributed by atoms with Gasteiger partial charge in [-0.3, -0.25) is 4.68 Å². The van der Waals surface area contributed by atoms with E-state index >= 15 is 0 Å². The number of nitrogens with one attached hydrogen (secondary N) is 2. The first-order valence-corrected chi connectivity index (χ1v) is 9.41. The molecule has 3 aromatic rings. The third-order valence-corrected chi connectivity index (χ3v) is 4.41. The van der Waals surface area contributed by atoms with Gasteiger partial charge in [-0.25, -0.2) is 4.99 Å². The van der Waals surface area contributed by atoms with Gasteiger partial charge in [-0.15, -0.1) is 0 Å². The van der Waals surface area contributed by atoms with Crippen molar-refractivity contribution < 1.29 is 9.52 Å². The molecule has 28 heavy (non-hydrogen) atoms. The van der Waals surface area contributed by atoms with E-state index in [1.165, 1.54) is 5.56 Å². The molecule has 0 aliphatic rings. The minimum absolute atomic E-state index is 0.279. The Morgan fingerprint density at radius 2 is 2.00 bits per heavy atom. The standard InChI is InChI=1S/C21H27N5O2/c1-3-22-20(24-16-21(2,27)19-10-6-13-28-19)23-14-17-8-4-5-9-18(17)15-26-12-7-11-25-26/h4-13,27H,3,14-16H2,1-2H3,(H2,22,23,24). The van der Waals surface area contributed by atoms with Crippen LogP contribution >= 0.6 is 0 Å². The molecule has 3 N–H and O–H groups in total. The smallest absolute Gasteiger partial charge is 0.191 e. The Balaban J connectivity index is 1.68. The largest absolute Gasteiger partial charge is 0.466 e. The Hall–Kier alpha value is -3.06. The summed E-state index contributed by atoms with van der Waals surface area (Å²) in [5.74, 6) is 1.16. The third kappa shape index (κ3) is 5.23. The molecule has 0 fully saturated rings. The first-order valence-electron chi connectivity index (χ1n) is 9.41. The SMILES string of the molecule is CCNC(=NCc1ccccc1Cn1cccn1)NCC(C)(O)c1ccco1. The maximum atomic E-state index is 10.6. The van der Waals surface area contributed by atoms with Crippen LogP contribution in [0.2, 0.25) is 0 Å². The number of rotatable bonds is 8. The average Bonchev–Trinajstić information content (AvgIpc) is 3.39. The van der Waals surface area contributed by atoms with Crippen molar-refractivity contribution in [2.75, 3.05) is 13.1 Å². The fourth-order valence-electron chi connectivity index (χ4n) is 2.87. The molecule has 3 rings (SSSR count). The van der Waals surface area contributed by atoms with Crippen LogP contribution in [0.25, 0.3) is 0 Å². The number of aliphatic hydroxyl groups is 1. The maximum absolute atomic E-state index is 10.6. The van der Waals surface area contributed by atoms with Crippen LogP contribution in [0.3, 0.4) is 0 Å². The number of hydrogen-bond donors (Lipinski definition) is 3. The summed E-state index contributed by atoms with van der Waals surface area (Å²) >= 11 is 0. The molecule has 7 nitrogen and oxygen atoms in total. The zero-order valence-electron chi connectivity index (χ0n) is 16.3. The van der Waals surface area contributed by atoms with Gasteiger partial charge in [0.25, 0.3) is 0 Å².